The summed E-state index contributed by atoms with van der Waals surface area (Å²) in [4.78, 5) is 0. The quantitative estimate of drug-likeness (QED) is 0.614. The summed E-state index contributed by atoms with van der Waals surface area (Å²) >= 11 is 0. The third-order valence-corrected chi connectivity index (χ3v) is 3.56. The van der Waals surface area contributed by atoms with Crippen molar-refractivity contribution in [2.24, 2.45) is 5.92 Å². The van der Waals surface area contributed by atoms with Gasteiger partial charge < -0.3 is 0 Å². The molecule has 0 N–H and O–H groups in total. The Balaban J connectivity index is 2.03. The molecule has 0 nitrogen and oxygen atoms in total. The molecular weight excluding hydrogens is 194 g/mol. The molecule has 0 unspecified atom stereocenters. The Kier molecular flexibility index (Phi) is 1.74. The van der Waals surface area contributed by atoms with Crippen molar-refractivity contribution in [2.45, 2.75) is 38.5 Å². The summed E-state index contributed by atoms with van der Waals surface area (Å²) in [6.07, 6.45) is 2.02. The van der Waals surface area contributed by atoms with Crippen LogP contribution >= 0.6 is 0 Å². The van der Waals surface area contributed by atoms with Gasteiger partial charge in [0.15, 0.2) is 0 Å². The highest BCUT2D eigenvalue weighted by atomic mass is 19.3. The van der Waals surface area contributed by atoms with Crippen molar-refractivity contribution in [1.82, 2.24) is 0 Å². The maximum absolute atomic E-state index is 13.2. The largest absolute Gasteiger partial charge is 0.256 e. The van der Waals surface area contributed by atoms with Gasteiger partial charge in [0, 0.05) is 12.8 Å². The van der Waals surface area contributed by atoms with Gasteiger partial charge in [-0.25, -0.2) is 8.78 Å². The third kappa shape index (κ3) is 1.47. The molecule has 0 radical (unpaired) electrons. The van der Waals surface area contributed by atoms with E-state index in [2.05, 4.69) is 6.92 Å². The van der Waals surface area contributed by atoms with Gasteiger partial charge in [0.2, 0.25) is 0 Å². The van der Waals surface area contributed by atoms with Crippen LogP contribution in [0.25, 0.3) is 0 Å². The zero-order chi connectivity index (χ0) is 10.6. The second-order valence-corrected chi connectivity index (χ2v) is 5.11. The summed E-state index contributed by atoms with van der Waals surface area (Å²) in [6, 6.07) is 4.05. The molecule has 0 fully saturated rings. The fraction of sp³-hybridized carbons (Fsp3) is 0.538. The fourth-order valence-corrected chi connectivity index (χ4v) is 2.94. The topological polar surface area (TPSA) is 0 Å². The van der Waals surface area contributed by atoms with Crippen molar-refractivity contribution in [3.8, 4) is 0 Å². The molecule has 3 rings (SSSR count). The number of hydrogen-bond acceptors (Lipinski definition) is 0. The van der Waals surface area contributed by atoms with Crippen LogP contribution in [-0.2, 0) is 25.7 Å². The number of rotatable bonds is 0. The molecule has 15 heavy (non-hydrogen) atoms. The van der Waals surface area contributed by atoms with Gasteiger partial charge in [-0.1, -0.05) is 19.1 Å². The fourth-order valence-electron chi connectivity index (χ4n) is 2.94. The van der Waals surface area contributed by atoms with Gasteiger partial charge in [-0.15, -0.1) is 0 Å². The van der Waals surface area contributed by atoms with Gasteiger partial charge in [0.05, 0.1) is 0 Å². The maximum atomic E-state index is 13.2. The molecule has 1 aromatic carbocycles. The normalized spacial score (nSPS) is 22.9. The van der Waals surface area contributed by atoms with E-state index >= 15 is 0 Å². The average molecular weight is 208 g/mol. The van der Waals surface area contributed by atoms with Crippen molar-refractivity contribution in [3.05, 3.63) is 34.4 Å². The van der Waals surface area contributed by atoms with Crippen LogP contribution in [0.15, 0.2) is 12.1 Å². The van der Waals surface area contributed by atoms with E-state index in [1.807, 2.05) is 12.1 Å². The molecule has 2 heteroatoms. The molecule has 0 aromatic heterocycles. The Morgan fingerprint density at radius 1 is 1.00 bits per heavy atom. The Bertz CT molecular complexity index is 384. The monoisotopic (exact) mass is 208 g/mol. The molecule has 80 valence electrons. The van der Waals surface area contributed by atoms with Crippen LogP contribution in [0.4, 0.5) is 8.78 Å². The highest BCUT2D eigenvalue weighted by Crippen LogP contribution is 2.38. The van der Waals surface area contributed by atoms with Gasteiger partial charge >= 0.3 is 0 Å². The number of benzene rings is 1. The minimum Gasteiger partial charge on any atom is -0.206 e. The molecule has 0 heterocycles. The molecule has 1 aromatic rings. The van der Waals surface area contributed by atoms with E-state index in [4.69, 9.17) is 0 Å². The van der Waals surface area contributed by atoms with Crippen molar-refractivity contribution < 1.29 is 8.78 Å². The lowest BCUT2D eigenvalue weighted by Gasteiger charge is -2.04. The first-order valence-electron chi connectivity index (χ1n) is 5.55. The molecule has 0 aliphatic heterocycles. The number of fused-ring (bicyclic) bond motifs is 2. The lowest BCUT2D eigenvalue weighted by molar-refractivity contribution is 0.0130. The van der Waals surface area contributed by atoms with Crippen LogP contribution in [0.2, 0.25) is 0 Å². The number of alkyl halides is 2. The molecule has 0 saturated carbocycles. The molecule has 0 spiro atoms. The average Bonchev–Trinajstić information content (AvgIpc) is 2.55. The van der Waals surface area contributed by atoms with Crippen LogP contribution in [0.1, 0.15) is 29.2 Å². The Morgan fingerprint density at radius 3 is 1.93 bits per heavy atom. The first-order valence-corrected chi connectivity index (χ1v) is 5.55. The van der Waals surface area contributed by atoms with Crippen LogP contribution in [0.3, 0.4) is 0 Å². The van der Waals surface area contributed by atoms with Gasteiger partial charge in [0.25, 0.3) is 5.92 Å². The zero-order valence-electron chi connectivity index (χ0n) is 8.82. The van der Waals surface area contributed by atoms with E-state index in [9.17, 15) is 8.78 Å². The maximum Gasteiger partial charge on any atom is 0.256 e. The predicted octanol–water partition coefficient (Wildman–Crippen LogP) is 3.16. The SMILES string of the molecule is CC1Cc2cc3c(cc2C1)CC(F)(F)C3. The molecule has 0 atom stereocenters. The second-order valence-electron chi connectivity index (χ2n) is 5.11. The van der Waals surface area contributed by atoms with Crippen LogP contribution < -0.4 is 0 Å². The molecule has 2 aliphatic carbocycles. The Morgan fingerprint density at radius 2 is 1.47 bits per heavy atom. The minimum atomic E-state index is -2.50. The van der Waals surface area contributed by atoms with Gasteiger partial charge in [-0.3, -0.25) is 0 Å². The summed E-state index contributed by atoms with van der Waals surface area (Å²) in [6.45, 7) is 2.22. The lowest BCUT2D eigenvalue weighted by Crippen LogP contribution is -2.14. The van der Waals surface area contributed by atoms with Gasteiger partial charge in [-0.2, -0.15) is 0 Å². The third-order valence-electron chi connectivity index (χ3n) is 3.56. The Hall–Kier alpha value is -0.920. The molecule has 2 aliphatic rings. The highest BCUT2D eigenvalue weighted by Gasteiger charge is 2.38. The van der Waals surface area contributed by atoms with E-state index in [0.29, 0.717) is 5.92 Å². The van der Waals surface area contributed by atoms with Crippen molar-refractivity contribution in [2.75, 3.05) is 0 Å². The smallest absolute Gasteiger partial charge is 0.206 e. The van der Waals surface area contributed by atoms with E-state index in [1.165, 1.54) is 11.1 Å². The second kappa shape index (κ2) is 2.81. The summed E-state index contributed by atoms with van der Waals surface area (Å²) in [5, 5.41) is 0. The van der Waals surface area contributed by atoms with Crippen LogP contribution in [-0.4, -0.2) is 5.92 Å². The minimum absolute atomic E-state index is 0.0516. The number of hydrogen-bond donors (Lipinski definition) is 0. The van der Waals surface area contributed by atoms with Crippen molar-refractivity contribution in [1.29, 1.82) is 0 Å². The molecule has 0 bridgehead atoms. The summed E-state index contributed by atoms with van der Waals surface area (Å²) in [7, 11) is 0. The molecule has 0 saturated heterocycles. The lowest BCUT2D eigenvalue weighted by atomic mass is 10.0. The van der Waals surface area contributed by atoms with Crippen molar-refractivity contribution in [3.63, 3.8) is 0 Å². The van der Waals surface area contributed by atoms with E-state index in [1.54, 1.807) is 0 Å². The molecule has 0 amide bonds. The van der Waals surface area contributed by atoms with Crippen LogP contribution in [0, 0.1) is 5.92 Å². The van der Waals surface area contributed by atoms with E-state index in [0.717, 1.165) is 24.0 Å². The Labute approximate surface area is 88.3 Å². The first-order chi connectivity index (χ1) is 7.03. The standard InChI is InChI=1S/C13H14F2/c1-8-2-9-4-11-6-13(14,15)7-12(11)5-10(9)3-8/h4-5,8H,2-3,6-7H2,1H3. The van der Waals surface area contributed by atoms with Gasteiger partial charge in [0.1, 0.15) is 0 Å². The zero-order valence-corrected chi connectivity index (χ0v) is 8.82. The van der Waals surface area contributed by atoms with Crippen LogP contribution in [0.5, 0.6) is 0 Å². The predicted molar refractivity (Wildman–Crippen MR) is 55.4 cm³/mol. The van der Waals surface area contributed by atoms with Gasteiger partial charge in [-0.05, 0) is 41.0 Å². The molecular formula is C13H14F2. The summed E-state index contributed by atoms with van der Waals surface area (Å²) in [5.41, 5.74) is 4.37. The first kappa shape index (κ1) is 9.32. The van der Waals surface area contributed by atoms with E-state index in [-0.39, 0.29) is 12.8 Å². The summed E-state index contributed by atoms with van der Waals surface area (Å²) < 4.78 is 26.4. The number of halogens is 2. The van der Waals surface area contributed by atoms with E-state index < -0.39 is 5.92 Å². The highest BCUT2D eigenvalue weighted by molar-refractivity contribution is 5.44. The summed E-state index contributed by atoms with van der Waals surface area (Å²) in [5.74, 6) is -1.81. The van der Waals surface area contributed by atoms with Crippen molar-refractivity contribution >= 4 is 0 Å².